The molecule has 5 fully saturated rings. The Balaban J connectivity index is 1.17. The van der Waals surface area contributed by atoms with Crippen molar-refractivity contribution >= 4 is 23.6 Å². The van der Waals surface area contributed by atoms with Crippen molar-refractivity contribution in [1.82, 2.24) is 10.2 Å². The van der Waals surface area contributed by atoms with Gasteiger partial charge >= 0.3 is 0 Å². The Morgan fingerprint density at radius 1 is 1.04 bits per heavy atom. The second-order valence-electron chi connectivity index (χ2n) is 9.62. The van der Waals surface area contributed by atoms with E-state index in [0.717, 1.165) is 30.7 Å². The van der Waals surface area contributed by atoms with Gasteiger partial charge in [0, 0.05) is 17.9 Å². The molecule has 5 heteroatoms. The van der Waals surface area contributed by atoms with Gasteiger partial charge in [-0.3, -0.25) is 9.59 Å². The Hall–Kier alpha value is -1.49. The second-order valence-corrected chi connectivity index (χ2v) is 10.6. The number of amides is 2. The Labute approximate surface area is 171 Å². The smallest absolute Gasteiger partial charge is 0.255 e. The zero-order valence-electron chi connectivity index (χ0n) is 16.4. The van der Waals surface area contributed by atoms with Crippen LogP contribution in [0.4, 0.5) is 0 Å². The minimum absolute atomic E-state index is 0.0269. The van der Waals surface area contributed by atoms with Crippen molar-refractivity contribution in [3.8, 4) is 0 Å². The lowest BCUT2D eigenvalue weighted by Crippen LogP contribution is -2.50. The molecule has 28 heavy (non-hydrogen) atoms. The monoisotopic (exact) mass is 398 g/mol. The first-order chi connectivity index (χ1) is 13.6. The largest absolute Gasteiger partial charge is 0.354 e. The molecule has 4 bridgehead atoms. The fraction of sp³-hybridized carbons (Fsp3) is 0.652. The Bertz CT molecular complexity index is 715. The number of rotatable bonds is 5. The molecule has 1 saturated heterocycles. The summed E-state index contributed by atoms with van der Waals surface area (Å²) >= 11 is 1.67. The number of nitrogens with one attached hydrogen (secondary N) is 1. The van der Waals surface area contributed by atoms with Crippen molar-refractivity contribution in [2.24, 2.45) is 23.2 Å². The average molecular weight is 399 g/mol. The van der Waals surface area contributed by atoms with E-state index < -0.39 is 0 Å². The van der Waals surface area contributed by atoms with Crippen LogP contribution in [-0.2, 0) is 4.79 Å². The molecule has 1 atom stereocenters. The third-order valence-electron chi connectivity index (χ3n) is 7.59. The van der Waals surface area contributed by atoms with Crippen LogP contribution in [0.2, 0.25) is 0 Å². The first kappa shape index (κ1) is 18.5. The van der Waals surface area contributed by atoms with Crippen LogP contribution in [0, 0.1) is 23.2 Å². The summed E-state index contributed by atoms with van der Waals surface area (Å²) in [6.07, 6.45) is 9.64. The van der Waals surface area contributed by atoms with Crippen LogP contribution in [0.1, 0.15) is 55.3 Å². The van der Waals surface area contributed by atoms with Gasteiger partial charge in [-0.05, 0) is 80.2 Å². The van der Waals surface area contributed by atoms with E-state index in [0.29, 0.717) is 22.6 Å². The van der Waals surface area contributed by atoms with Gasteiger partial charge in [0.25, 0.3) is 5.91 Å². The molecule has 1 aliphatic heterocycles. The fourth-order valence-electron chi connectivity index (χ4n) is 6.77. The normalized spacial score (nSPS) is 35.9. The first-order valence-electron chi connectivity index (χ1n) is 10.8. The highest BCUT2D eigenvalue weighted by Crippen LogP contribution is 2.61. The van der Waals surface area contributed by atoms with E-state index in [1.54, 1.807) is 16.7 Å². The molecule has 1 heterocycles. The highest BCUT2D eigenvalue weighted by atomic mass is 32.2. The van der Waals surface area contributed by atoms with Crippen LogP contribution in [0.3, 0.4) is 0 Å². The second kappa shape index (κ2) is 7.40. The minimum atomic E-state index is -0.339. The molecule has 0 aromatic heterocycles. The van der Waals surface area contributed by atoms with Gasteiger partial charge in [0.05, 0.1) is 5.88 Å². The van der Waals surface area contributed by atoms with Crippen molar-refractivity contribution < 1.29 is 9.59 Å². The molecule has 4 saturated carbocycles. The Kier molecular flexibility index (Phi) is 4.90. The molecule has 1 aromatic rings. The number of hydrogen-bond donors (Lipinski definition) is 1. The van der Waals surface area contributed by atoms with E-state index in [1.165, 1.54) is 38.5 Å². The molecule has 0 radical (unpaired) electrons. The summed E-state index contributed by atoms with van der Waals surface area (Å²) in [6, 6.07) is 8.97. The van der Waals surface area contributed by atoms with Crippen LogP contribution in [0.5, 0.6) is 0 Å². The zero-order valence-corrected chi connectivity index (χ0v) is 17.3. The number of thioether (sulfide) groups is 1. The number of nitrogens with zero attached hydrogens (tertiary/aromatic N) is 1. The minimum Gasteiger partial charge on any atom is -0.354 e. The molecule has 0 unspecified atom stereocenters. The van der Waals surface area contributed by atoms with Crippen molar-refractivity contribution in [2.75, 3.05) is 18.2 Å². The third kappa shape index (κ3) is 3.47. The molecular formula is C23H30N2O2S. The van der Waals surface area contributed by atoms with E-state index in [4.69, 9.17) is 0 Å². The van der Waals surface area contributed by atoms with Gasteiger partial charge in [-0.2, -0.15) is 0 Å². The maximum atomic E-state index is 12.9. The summed E-state index contributed by atoms with van der Waals surface area (Å²) in [5.41, 5.74) is 1.16. The predicted molar refractivity (Wildman–Crippen MR) is 112 cm³/mol. The molecule has 1 N–H and O–H groups in total. The quantitative estimate of drug-likeness (QED) is 0.818. The standard InChI is InChI=1S/C23H30N2O2S/c26-21(20-14-28-15-25(20)22(27)19-4-2-1-3-5-19)24-7-6-23-11-16-8-17(12-23)10-18(9-16)13-23/h1-5,16-18,20H,6-15H2,(H,24,26)/t16?,17?,18?,20-,23?/m0/s1. The van der Waals surface area contributed by atoms with Crippen LogP contribution in [-0.4, -0.2) is 40.9 Å². The molecule has 0 spiro atoms. The number of hydrogen-bond acceptors (Lipinski definition) is 3. The zero-order chi connectivity index (χ0) is 19.1. The Morgan fingerprint density at radius 3 is 2.32 bits per heavy atom. The Morgan fingerprint density at radius 2 is 1.68 bits per heavy atom. The van der Waals surface area contributed by atoms with Crippen LogP contribution < -0.4 is 5.32 Å². The van der Waals surface area contributed by atoms with E-state index in [-0.39, 0.29) is 17.9 Å². The molecule has 5 aliphatic rings. The topological polar surface area (TPSA) is 49.4 Å². The first-order valence-corrected chi connectivity index (χ1v) is 12.0. The highest BCUT2D eigenvalue weighted by molar-refractivity contribution is 7.99. The SMILES string of the molecule is O=C(NCCC12CC3CC(CC(C3)C1)C2)[C@@H]1CSCN1C(=O)c1ccccc1. The molecular weight excluding hydrogens is 368 g/mol. The third-order valence-corrected chi connectivity index (χ3v) is 8.60. The van der Waals surface area contributed by atoms with E-state index >= 15 is 0 Å². The maximum absolute atomic E-state index is 12.9. The van der Waals surface area contributed by atoms with E-state index in [2.05, 4.69) is 5.32 Å². The predicted octanol–water partition coefficient (Wildman–Crippen LogP) is 3.92. The summed E-state index contributed by atoms with van der Waals surface area (Å²) < 4.78 is 0. The summed E-state index contributed by atoms with van der Waals surface area (Å²) in [5, 5.41) is 3.19. The number of carbonyl (C=O) groups excluding carboxylic acids is 2. The summed E-state index contributed by atoms with van der Waals surface area (Å²) in [6.45, 7) is 0.763. The van der Waals surface area contributed by atoms with Gasteiger partial charge in [0.1, 0.15) is 6.04 Å². The number of carbonyl (C=O) groups is 2. The van der Waals surface area contributed by atoms with Gasteiger partial charge in [-0.25, -0.2) is 0 Å². The van der Waals surface area contributed by atoms with Crippen LogP contribution in [0.15, 0.2) is 30.3 Å². The van der Waals surface area contributed by atoms with Crippen molar-refractivity contribution in [1.29, 1.82) is 0 Å². The van der Waals surface area contributed by atoms with Gasteiger partial charge in [-0.15, -0.1) is 11.8 Å². The molecule has 1 aromatic carbocycles. The van der Waals surface area contributed by atoms with Gasteiger partial charge in [0.2, 0.25) is 5.91 Å². The summed E-state index contributed by atoms with van der Waals surface area (Å²) in [5.74, 6) is 4.14. The molecule has 2 amide bonds. The highest BCUT2D eigenvalue weighted by Gasteiger charge is 2.50. The van der Waals surface area contributed by atoms with Crippen LogP contribution >= 0.6 is 11.8 Å². The lowest BCUT2D eigenvalue weighted by molar-refractivity contribution is -0.124. The summed E-state index contributed by atoms with van der Waals surface area (Å²) in [7, 11) is 0. The molecule has 4 aliphatic carbocycles. The molecule has 6 rings (SSSR count). The number of benzene rings is 1. The van der Waals surface area contributed by atoms with E-state index in [1.807, 2.05) is 30.3 Å². The van der Waals surface area contributed by atoms with E-state index in [9.17, 15) is 9.59 Å². The van der Waals surface area contributed by atoms with Crippen LogP contribution in [0.25, 0.3) is 0 Å². The van der Waals surface area contributed by atoms with Gasteiger partial charge < -0.3 is 10.2 Å². The van der Waals surface area contributed by atoms with Crippen molar-refractivity contribution in [3.05, 3.63) is 35.9 Å². The fourth-order valence-corrected chi connectivity index (χ4v) is 7.93. The van der Waals surface area contributed by atoms with Gasteiger partial charge in [0.15, 0.2) is 0 Å². The van der Waals surface area contributed by atoms with Gasteiger partial charge in [-0.1, -0.05) is 18.2 Å². The summed E-state index contributed by atoms with van der Waals surface area (Å²) in [4.78, 5) is 27.4. The maximum Gasteiger partial charge on any atom is 0.255 e. The lowest BCUT2D eigenvalue weighted by Gasteiger charge is -2.57. The van der Waals surface area contributed by atoms with Crippen molar-refractivity contribution in [3.63, 3.8) is 0 Å². The molecule has 4 nitrogen and oxygen atoms in total. The lowest BCUT2D eigenvalue weighted by atomic mass is 9.49. The average Bonchev–Trinajstić information content (AvgIpc) is 3.17. The van der Waals surface area contributed by atoms with Crippen molar-refractivity contribution in [2.45, 2.75) is 51.0 Å². The molecule has 150 valence electrons.